The van der Waals surface area contributed by atoms with Gasteiger partial charge in [0.15, 0.2) is 11.6 Å². The number of amidine groups is 1. The highest BCUT2D eigenvalue weighted by Gasteiger charge is 2.25. The number of nitrogens with two attached hydrogens (primary N) is 1. The first-order valence-corrected chi connectivity index (χ1v) is 4.90. The molecule has 1 fully saturated rings. The summed E-state index contributed by atoms with van der Waals surface area (Å²) in [7, 11) is 0. The lowest BCUT2D eigenvalue weighted by molar-refractivity contribution is 0.507. The molecule has 2 rings (SSSR count). The first kappa shape index (κ1) is 10.1. The molecule has 0 saturated heterocycles. The average molecular weight is 210 g/mol. The van der Waals surface area contributed by atoms with E-state index in [9.17, 15) is 8.78 Å². The topological polar surface area (TPSA) is 38.4 Å². The molecule has 1 saturated carbocycles. The van der Waals surface area contributed by atoms with Gasteiger partial charge in [0.2, 0.25) is 0 Å². The van der Waals surface area contributed by atoms with Crippen LogP contribution in [0.15, 0.2) is 23.2 Å². The van der Waals surface area contributed by atoms with Gasteiger partial charge < -0.3 is 5.73 Å². The highest BCUT2D eigenvalue weighted by atomic mass is 19.2. The molecule has 0 aromatic heterocycles. The third kappa shape index (κ3) is 2.52. The molecule has 0 aliphatic heterocycles. The van der Waals surface area contributed by atoms with E-state index in [2.05, 4.69) is 4.99 Å². The van der Waals surface area contributed by atoms with Gasteiger partial charge in [-0.15, -0.1) is 0 Å². The number of hydrogen-bond acceptors (Lipinski definition) is 1. The third-order valence-corrected chi connectivity index (χ3v) is 2.42. The third-order valence-electron chi connectivity index (χ3n) is 2.42. The SMILES string of the molecule is NC(=NCc1ccc(F)c(F)c1)C1CC1. The summed E-state index contributed by atoms with van der Waals surface area (Å²) in [6.07, 6.45) is 2.18. The summed E-state index contributed by atoms with van der Waals surface area (Å²) in [4.78, 5) is 4.13. The van der Waals surface area contributed by atoms with Gasteiger partial charge in [0.05, 0.1) is 12.4 Å². The standard InChI is InChI=1S/C11H12F2N2/c12-9-4-1-7(5-10(9)13)6-15-11(14)8-2-3-8/h1,4-5,8H,2-3,6H2,(H2,14,15). The summed E-state index contributed by atoms with van der Waals surface area (Å²) < 4.78 is 25.4. The minimum atomic E-state index is -0.840. The molecule has 0 unspecified atom stereocenters. The van der Waals surface area contributed by atoms with Crippen LogP contribution in [0.3, 0.4) is 0 Å². The van der Waals surface area contributed by atoms with E-state index >= 15 is 0 Å². The van der Waals surface area contributed by atoms with Gasteiger partial charge in [-0.25, -0.2) is 8.78 Å². The van der Waals surface area contributed by atoms with Crippen molar-refractivity contribution in [1.82, 2.24) is 0 Å². The van der Waals surface area contributed by atoms with Gasteiger partial charge in [0.25, 0.3) is 0 Å². The fourth-order valence-corrected chi connectivity index (χ4v) is 1.33. The first-order valence-electron chi connectivity index (χ1n) is 4.90. The molecule has 4 heteroatoms. The molecule has 0 radical (unpaired) electrons. The molecule has 15 heavy (non-hydrogen) atoms. The Kier molecular flexibility index (Phi) is 2.66. The van der Waals surface area contributed by atoms with E-state index in [0.29, 0.717) is 23.9 Å². The Morgan fingerprint density at radius 3 is 2.67 bits per heavy atom. The first-order chi connectivity index (χ1) is 7.16. The lowest BCUT2D eigenvalue weighted by Gasteiger charge is -2.00. The lowest BCUT2D eigenvalue weighted by atomic mass is 10.2. The summed E-state index contributed by atoms with van der Waals surface area (Å²) in [5.41, 5.74) is 6.31. The second-order valence-electron chi connectivity index (χ2n) is 3.76. The fraction of sp³-hybridized carbons (Fsp3) is 0.364. The number of benzene rings is 1. The van der Waals surface area contributed by atoms with Crippen molar-refractivity contribution < 1.29 is 8.78 Å². The van der Waals surface area contributed by atoms with Gasteiger partial charge in [0.1, 0.15) is 0 Å². The van der Waals surface area contributed by atoms with E-state index in [-0.39, 0.29) is 0 Å². The van der Waals surface area contributed by atoms with Crippen LogP contribution in [-0.4, -0.2) is 5.84 Å². The number of rotatable bonds is 3. The van der Waals surface area contributed by atoms with Crippen LogP contribution in [0.4, 0.5) is 8.78 Å². The summed E-state index contributed by atoms with van der Waals surface area (Å²) in [5, 5.41) is 0. The summed E-state index contributed by atoms with van der Waals surface area (Å²) in [5.74, 6) is -0.638. The summed E-state index contributed by atoms with van der Waals surface area (Å²) >= 11 is 0. The van der Waals surface area contributed by atoms with Crippen LogP contribution in [0, 0.1) is 17.6 Å². The summed E-state index contributed by atoms with van der Waals surface area (Å²) in [6, 6.07) is 3.77. The zero-order valence-corrected chi connectivity index (χ0v) is 8.21. The van der Waals surface area contributed by atoms with Crippen molar-refractivity contribution in [2.45, 2.75) is 19.4 Å². The van der Waals surface area contributed by atoms with Crippen molar-refractivity contribution >= 4 is 5.84 Å². The molecule has 2 N–H and O–H groups in total. The van der Waals surface area contributed by atoms with Gasteiger partial charge in [-0.3, -0.25) is 4.99 Å². The molecular weight excluding hydrogens is 198 g/mol. The van der Waals surface area contributed by atoms with E-state index in [0.717, 1.165) is 25.0 Å². The highest BCUT2D eigenvalue weighted by molar-refractivity contribution is 5.84. The van der Waals surface area contributed by atoms with Crippen LogP contribution < -0.4 is 5.73 Å². The number of nitrogens with zero attached hydrogens (tertiary/aromatic N) is 1. The maximum Gasteiger partial charge on any atom is 0.159 e. The fourth-order valence-electron chi connectivity index (χ4n) is 1.33. The molecule has 1 aliphatic carbocycles. The monoisotopic (exact) mass is 210 g/mol. The minimum absolute atomic E-state index is 0.319. The van der Waals surface area contributed by atoms with E-state index < -0.39 is 11.6 Å². The van der Waals surface area contributed by atoms with E-state index in [1.165, 1.54) is 6.07 Å². The predicted octanol–water partition coefficient (Wildman–Crippen LogP) is 2.23. The highest BCUT2D eigenvalue weighted by Crippen LogP contribution is 2.28. The Bertz CT molecular complexity index is 398. The van der Waals surface area contributed by atoms with Crippen molar-refractivity contribution in [2.75, 3.05) is 0 Å². The summed E-state index contributed by atoms with van der Waals surface area (Å²) in [6.45, 7) is 0.319. The maximum absolute atomic E-state index is 12.8. The number of hydrogen-bond donors (Lipinski definition) is 1. The Morgan fingerprint density at radius 2 is 2.07 bits per heavy atom. The lowest BCUT2D eigenvalue weighted by Crippen LogP contribution is -2.14. The molecule has 0 spiro atoms. The van der Waals surface area contributed by atoms with Gasteiger partial charge in [-0.1, -0.05) is 6.07 Å². The van der Waals surface area contributed by atoms with Crippen LogP contribution >= 0.6 is 0 Å². The van der Waals surface area contributed by atoms with E-state index in [4.69, 9.17) is 5.73 Å². The van der Waals surface area contributed by atoms with Crippen LogP contribution in [0.5, 0.6) is 0 Å². The normalized spacial score (nSPS) is 16.8. The van der Waals surface area contributed by atoms with Crippen LogP contribution in [-0.2, 0) is 6.54 Å². The van der Waals surface area contributed by atoms with Crippen molar-refractivity contribution in [3.63, 3.8) is 0 Å². The van der Waals surface area contributed by atoms with Crippen molar-refractivity contribution in [3.05, 3.63) is 35.4 Å². The Morgan fingerprint density at radius 1 is 1.33 bits per heavy atom. The minimum Gasteiger partial charge on any atom is -0.387 e. The van der Waals surface area contributed by atoms with E-state index in [1.54, 1.807) is 0 Å². The largest absolute Gasteiger partial charge is 0.387 e. The maximum atomic E-state index is 12.8. The molecule has 0 amide bonds. The average Bonchev–Trinajstić information content (AvgIpc) is 3.03. The second-order valence-corrected chi connectivity index (χ2v) is 3.76. The number of aliphatic imine (C=N–C) groups is 1. The zero-order valence-electron chi connectivity index (χ0n) is 8.21. The zero-order chi connectivity index (χ0) is 10.8. The van der Waals surface area contributed by atoms with Crippen molar-refractivity contribution in [2.24, 2.45) is 16.6 Å². The number of halogens is 2. The molecule has 2 nitrogen and oxygen atoms in total. The molecule has 1 aromatic rings. The Labute approximate surface area is 86.8 Å². The Balaban J connectivity index is 2.04. The molecule has 0 atom stereocenters. The second kappa shape index (κ2) is 3.96. The van der Waals surface area contributed by atoms with Gasteiger partial charge in [-0.2, -0.15) is 0 Å². The predicted molar refractivity (Wildman–Crippen MR) is 54.4 cm³/mol. The molecule has 1 aromatic carbocycles. The van der Waals surface area contributed by atoms with Gasteiger partial charge >= 0.3 is 0 Å². The smallest absolute Gasteiger partial charge is 0.159 e. The molecule has 80 valence electrons. The van der Waals surface area contributed by atoms with Crippen LogP contribution in [0.1, 0.15) is 18.4 Å². The van der Waals surface area contributed by atoms with Gasteiger partial charge in [0, 0.05) is 5.92 Å². The van der Waals surface area contributed by atoms with Crippen molar-refractivity contribution in [3.8, 4) is 0 Å². The van der Waals surface area contributed by atoms with E-state index in [1.807, 2.05) is 0 Å². The van der Waals surface area contributed by atoms with Gasteiger partial charge in [-0.05, 0) is 30.5 Å². The molecular formula is C11H12F2N2. The quantitative estimate of drug-likeness (QED) is 0.603. The van der Waals surface area contributed by atoms with Crippen molar-refractivity contribution in [1.29, 1.82) is 0 Å². The molecule has 1 aliphatic rings. The molecule has 0 bridgehead atoms. The molecule has 0 heterocycles. The van der Waals surface area contributed by atoms with Crippen LogP contribution in [0.25, 0.3) is 0 Å². The Hall–Kier alpha value is -1.45. The van der Waals surface area contributed by atoms with Crippen LogP contribution in [0.2, 0.25) is 0 Å².